The fourth-order valence-corrected chi connectivity index (χ4v) is 2.69. The van der Waals surface area contributed by atoms with Gasteiger partial charge in [0.05, 0.1) is 5.69 Å². The van der Waals surface area contributed by atoms with Crippen molar-refractivity contribution in [2.75, 3.05) is 31.2 Å². The predicted molar refractivity (Wildman–Crippen MR) is 80.5 cm³/mol. The van der Waals surface area contributed by atoms with Gasteiger partial charge in [0, 0.05) is 31.3 Å². The minimum absolute atomic E-state index is 0.184. The summed E-state index contributed by atoms with van der Waals surface area (Å²) in [4.78, 5) is 11.0. The molecule has 0 saturated heterocycles. The molecule has 1 atom stereocenters. The number of likely N-dealkylation sites (N-methyl/N-ethyl adjacent to an activating group) is 1. The number of hydrogen-bond acceptors (Lipinski definition) is 6. The van der Waals surface area contributed by atoms with Gasteiger partial charge in [0.2, 0.25) is 5.95 Å². The molecule has 4 N–H and O–H groups in total. The number of nitrogen functional groups attached to an aromatic ring is 1. The van der Waals surface area contributed by atoms with Crippen molar-refractivity contribution in [1.29, 1.82) is 0 Å². The number of hydrogen-bond donors (Lipinski definition) is 3. The Hall–Kier alpha value is -1.40. The monoisotopic (exact) mass is 279 g/mol. The Labute approximate surface area is 120 Å². The molecular weight excluding hydrogens is 254 g/mol. The zero-order valence-electron chi connectivity index (χ0n) is 12.4. The van der Waals surface area contributed by atoms with Crippen molar-refractivity contribution < 1.29 is 5.11 Å². The van der Waals surface area contributed by atoms with Crippen LogP contribution in [0, 0.1) is 0 Å². The number of aliphatic hydroxyl groups excluding tert-OH is 1. The van der Waals surface area contributed by atoms with Crippen molar-refractivity contribution in [1.82, 2.24) is 14.9 Å². The van der Waals surface area contributed by atoms with Crippen LogP contribution >= 0.6 is 0 Å². The first-order valence-electron chi connectivity index (χ1n) is 7.35. The minimum Gasteiger partial charge on any atom is -0.396 e. The maximum Gasteiger partial charge on any atom is 0.222 e. The highest BCUT2D eigenvalue weighted by Gasteiger charge is 2.21. The molecule has 1 unspecified atom stereocenters. The quantitative estimate of drug-likeness (QED) is 0.720. The Balaban J connectivity index is 2.22. The summed E-state index contributed by atoms with van der Waals surface area (Å²) >= 11 is 0. The van der Waals surface area contributed by atoms with Crippen molar-refractivity contribution in [3.05, 3.63) is 11.3 Å². The lowest BCUT2D eigenvalue weighted by atomic mass is 10.0. The third-order valence-electron chi connectivity index (χ3n) is 3.73. The third-order valence-corrected chi connectivity index (χ3v) is 3.73. The SMILES string of the molecule is CCCC(CCO)Nc1nc(N)nc2c1CCN(C)C2. The van der Waals surface area contributed by atoms with Crippen LogP contribution in [0.3, 0.4) is 0 Å². The average Bonchev–Trinajstić information content (AvgIpc) is 2.38. The molecule has 1 aliphatic rings. The molecule has 0 spiro atoms. The van der Waals surface area contributed by atoms with Crippen LogP contribution in [0.2, 0.25) is 0 Å². The van der Waals surface area contributed by atoms with Gasteiger partial charge >= 0.3 is 0 Å². The predicted octanol–water partition coefficient (Wildman–Crippen LogP) is 1.01. The fourth-order valence-electron chi connectivity index (χ4n) is 2.69. The van der Waals surface area contributed by atoms with Gasteiger partial charge in [0.25, 0.3) is 0 Å². The standard InChI is InChI=1S/C14H25N5O/c1-3-4-10(6-8-20)16-13-11-5-7-19(2)9-12(11)17-14(15)18-13/h10,20H,3-9H2,1-2H3,(H3,15,16,17,18). The van der Waals surface area contributed by atoms with Crippen LogP contribution in [-0.4, -0.2) is 46.2 Å². The van der Waals surface area contributed by atoms with Crippen LogP contribution in [0.4, 0.5) is 11.8 Å². The zero-order valence-corrected chi connectivity index (χ0v) is 12.4. The van der Waals surface area contributed by atoms with Crippen molar-refractivity contribution >= 4 is 11.8 Å². The molecule has 0 aliphatic carbocycles. The van der Waals surface area contributed by atoms with E-state index in [2.05, 4.69) is 34.2 Å². The van der Waals surface area contributed by atoms with Crippen molar-refractivity contribution in [3.8, 4) is 0 Å². The summed E-state index contributed by atoms with van der Waals surface area (Å²) in [6, 6.07) is 0.239. The Morgan fingerprint density at radius 2 is 2.20 bits per heavy atom. The third kappa shape index (κ3) is 3.58. The normalized spacial score (nSPS) is 16.8. The molecule has 1 aromatic heterocycles. The summed E-state index contributed by atoms with van der Waals surface area (Å²) in [5.41, 5.74) is 8.02. The van der Waals surface area contributed by atoms with Gasteiger partial charge in [-0.1, -0.05) is 13.3 Å². The van der Waals surface area contributed by atoms with Gasteiger partial charge < -0.3 is 21.1 Å². The Morgan fingerprint density at radius 3 is 2.90 bits per heavy atom. The summed E-state index contributed by atoms with van der Waals surface area (Å²) in [6.07, 6.45) is 3.75. The van der Waals surface area contributed by atoms with Gasteiger partial charge in [0.15, 0.2) is 0 Å². The van der Waals surface area contributed by atoms with Crippen molar-refractivity contribution in [2.45, 2.75) is 45.2 Å². The average molecular weight is 279 g/mol. The number of nitrogens with one attached hydrogen (secondary N) is 1. The summed E-state index contributed by atoms with van der Waals surface area (Å²) in [6.45, 7) is 4.15. The smallest absolute Gasteiger partial charge is 0.222 e. The second-order valence-corrected chi connectivity index (χ2v) is 5.49. The molecule has 2 rings (SSSR count). The zero-order chi connectivity index (χ0) is 14.5. The molecular formula is C14H25N5O. The maximum absolute atomic E-state index is 9.16. The minimum atomic E-state index is 0.184. The molecule has 0 saturated carbocycles. The van der Waals surface area contributed by atoms with Crippen LogP contribution in [0.5, 0.6) is 0 Å². The highest BCUT2D eigenvalue weighted by Crippen LogP contribution is 2.25. The van der Waals surface area contributed by atoms with Crippen LogP contribution < -0.4 is 11.1 Å². The number of aromatic nitrogens is 2. The molecule has 112 valence electrons. The number of rotatable bonds is 6. The Bertz CT molecular complexity index is 445. The van der Waals surface area contributed by atoms with E-state index in [1.54, 1.807) is 0 Å². The summed E-state index contributed by atoms with van der Waals surface area (Å²) in [7, 11) is 2.08. The number of aliphatic hydroxyl groups is 1. The van der Waals surface area contributed by atoms with Gasteiger partial charge in [-0.3, -0.25) is 0 Å². The molecule has 20 heavy (non-hydrogen) atoms. The molecule has 2 heterocycles. The van der Waals surface area contributed by atoms with Gasteiger partial charge in [-0.05, 0) is 26.3 Å². The lowest BCUT2D eigenvalue weighted by Crippen LogP contribution is -2.30. The van der Waals surface area contributed by atoms with E-state index in [0.29, 0.717) is 5.95 Å². The van der Waals surface area contributed by atoms with E-state index in [4.69, 9.17) is 10.8 Å². The summed E-state index contributed by atoms with van der Waals surface area (Å²) < 4.78 is 0. The van der Waals surface area contributed by atoms with Gasteiger partial charge in [-0.2, -0.15) is 4.98 Å². The summed E-state index contributed by atoms with van der Waals surface area (Å²) in [5, 5.41) is 12.6. The topological polar surface area (TPSA) is 87.3 Å². The fraction of sp³-hybridized carbons (Fsp3) is 0.714. The molecule has 6 heteroatoms. The highest BCUT2D eigenvalue weighted by atomic mass is 16.3. The molecule has 0 bridgehead atoms. The second kappa shape index (κ2) is 6.85. The molecule has 0 radical (unpaired) electrons. The Morgan fingerprint density at radius 1 is 1.40 bits per heavy atom. The van der Waals surface area contributed by atoms with Crippen LogP contribution in [0.1, 0.15) is 37.4 Å². The molecule has 1 aromatic rings. The van der Waals surface area contributed by atoms with E-state index < -0.39 is 0 Å². The molecule has 0 amide bonds. The van der Waals surface area contributed by atoms with Gasteiger partial charge in [-0.15, -0.1) is 0 Å². The summed E-state index contributed by atoms with van der Waals surface area (Å²) in [5.74, 6) is 1.17. The van der Waals surface area contributed by atoms with Gasteiger partial charge in [0.1, 0.15) is 5.82 Å². The molecule has 0 aromatic carbocycles. The number of nitrogens with zero attached hydrogens (tertiary/aromatic N) is 3. The van der Waals surface area contributed by atoms with Gasteiger partial charge in [-0.25, -0.2) is 4.98 Å². The van der Waals surface area contributed by atoms with Crippen molar-refractivity contribution in [2.24, 2.45) is 0 Å². The lowest BCUT2D eigenvalue weighted by molar-refractivity contribution is 0.276. The maximum atomic E-state index is 9.16. The van der Waals surface area contributed by atoms with Crippen LogP contribution in [0.15, 0.2) is 0 Å². The molecule has 1 aliphatic heterocycles. The highest BCUT2D eigenvalue weighted by molar-refractivity contribution is 5.51. The van der Waals surface area contributed by atoms with E-state index in [9.17, 15) is 0 Å². The first-order valence-corrected chi connectivity index (χ1v) is 7.35. The van der Waals surface area contributed by atoms with E-state index >= 15 is 0 Å². The Kier molecular flexibility index (Phi) is 5.14. The van der Waals surface area contributed by atoms with Crippen LogP contribution in [-0.2, 0) is 13.0 Å². The van der Waals surface area contributed by atoms with E-state index in [1.165, 1.54) is 5.56 Å². The number of nitrogens with two attached hydrogens (primary N) is 1. The van der Waals surface area contributed by atoms with Crippen molar-refractivity contribution in [3.63, 3.8) is 0 Å². The van der Waals surface area contributed by atoms with E-state index in [0.717, 1.165) is 50.3 Å². The second-order valence-electron chi connectivity index (χ2n) is 5.49. The largest absolute Gasteiger partial charge is 0.396 e. The first-order chi connectivity index (χ1) is 9.63. The molecule has 6 nitrogen and oxygen atoms in total. The molecule has 0 fully saturated rings. The van der Waals surface area contributed by atoms with E-state index in [1.807, 2.05) is 0 Å². The first kappa shape index (κ1) is 15.0. The lowest BCUT2D eigenvalue weighted by Gasteiger charge is -2.27. The number of fused-ring (bicyclic) bond motifs is 1. The van der Waals surface area contributed by atoms with E-state index in [-0.39, 0.29) is 12.6 Å². The number of anilines is 2. The van der Waals surface area contributed by atoms with Crippen LogP contribution in [0.25, 0.3) is 0 Å².